The highest BCUT2D eigenvalue weighted by atomic mass is 16.1. The number of carbonyl (C=O) groups excluding carboxylic acids is 1. The van der Waals surface area contributed by atoms with Gasteiger partial charge in [-0.1, -0.05) is 19.9 Å². The molecule has 33 heavy (non-hydrogen) atoms. The summed E-state index contributed by atoms with van der Waals surface area (Å²) >= 11 is 0. The number of likely N-dealkylation sites (N-methyl/N-ethyl adjacent to an activating group) is 1. The Morgan fingerprint density at radius 2 is 2.03 bits per heavy atom. The summed E-state index contributed by atoms with van der Waals surface area (Å²) in [5.41, 5.74) is 8.57. The minimum atomic E-state index is 0.0976. The monoisotopic (exact) mass is 443 g/mol. The van der Waals surface area contributed by atoms with Gasteiger partial charge in [-0.05, 0) is 79.6 Å². The van der Waals surface area contributed by atoms with Crippen LogP contribution >= 0.6 is 0 Å². The fraction of sp³-hybridized carbons (Fsp3) is 0.407. The first-order valence-electron chi connectivity index (χ1n) is 12.0. The summed E-state index contributed by atoms with van der Waals surface area (Å²) in [5.74, 6) is 1.04. The number of amides is 1. The van der Waals surface area contributed by atoms with Crippen molar-refractivity contribution in [2.24, 2.45) is 0 Å². The van der Waals surface area contributed by atoms with Gasteiger partial charge in [0.2, 0.25) is 5.91 Å². The van der Waals surface area contributed by atoms with Gasteiger partial charge in [0.25, 0.3) is 0 Å². The fourth-order valence-electron chi connectivity index (χ4n) is 5.36. The summed E-state index contributed by atoms with van der Waals surface area (Å²) < 4.78 is 2.11. The van der Waals surface area contributed by atoms with Crippen LogP contribution in [0.5, 0.6) is 0 Å². The van der Waals surface area contributed by atoms with Crippen molar-refractivity contribution >= 4 is 22.5 Å². The molecule has 1 saturated heterocycles. The van der Waals surface area contributed by atoms with E-state index in [4.69, 9.17) is 0 Å². The van der Waals surface area contributed by atoms with Crippen molar-refractivity contribution in [1.82, 2.24) is 24.6 Å². The number of hydrogen-bond donors (Lipinski definition) is 2. The highest BCUT2D eigenvalue weighted by Gasteiger charge is 2.23. The summed E-state index contributed by atoms with van der Waals surface area (Å²) in [6, 6.07) is 9.18. The number of aromatic nitrogens is 3. The zero-order valence-electron chi connectivity index (χ0n) is 20.0. The lowest BCUT2D eigenvalue weighted by Gasteiger charge is -2.31. The van der Waals surface area contributed by atoms with E-state index in [2.05, 4.69) is 75.8 Å². The number of hydrogen-bond acceptors (Lipinski definition) is 3. The van der Waals surface area contributed by atoms with Crippen molar-refractivity contribution in [1.29, 1.82) is 0 Å². The average molecular weight is 444 g/mol. The van der Waals surface area contributed by atoms with Crippen LogP contribution in [-0.2, 0) is 4.79 Å². The Bertz CT molecular complexity index is 1310. The predicted octanol–water partition coefficient (Wildman–Crippen LogP) is 4.84. The molecule has 0 radical (unpaired) electrons. The molecule has 0 unspecified atom stereocenters. The van der Waals surface area contributed by atoms with Gasteiger partial charge in [-0.15, -0.1) is 0 Å². The first-order valence-corrected chi connectivity index (χ1v) is 12.0. The van der Waals surface area contributed by atoms with Crippen LogP contribution < -0.4 is 5.32 Å². The van der Waals surface area contributed by atoms with E-state index in [1.807, 2.05) is 12.4 Å². The molecule has 1 aliphatic heterocycles. The number of rotatable bonds is 5. The molecular formula is C27H33N5O. The van der Waals surface area contributed by atoms with E-state index in [9.17, 15) is 4.79 Å². The van der Waals surface area contributed by atoms with Crippen LogP contribution in [0.2, 0.25) is 0 Å². The Morgan fingerprint density at radius 1 is 1.24 bits per heavy atom. The number of aromatic amines is 1. The van der Waals surface area contributed by atoms with Gasteiger partial charge >= 0.3 is 0 Å². The number of likely N-dealkylation sites (tertiary alicyclic amines) is 1. The normalized spacial score (nSPS) is 15.7. The average Bonchev–Trinajstić information content (AvgIpc) is 3.44. The lowest BCUT2D eigenvalue weighted by molar-refractivity contribution is -0.122. The van der Waals surface area contributed by atoms with Crippen molar-refractivity contribution in [3.63, 3.8) is 0 Å². The third-order valence-electron chi connectivity index (χ3n) is 7.11. The third kappa shape index (κ3) is 4.04. The van der Waals surface area contributed by atoms with Crippen LogP contribution in [0.1, 0.15) is 55.2 Å². The molecule has 172 valence electrons. The van der Waals surface area contributed by atoms with Gasteiger partial charge in [0.1, 0.15) is 5.65 Å². The quantitative estimate of drug-likeness (QED) is 0.464. The maximum atomic E-state index is 11.7. The largest absolute Gasteiger partial charge is 0.358 e. The van der Waals surface area contributed by atoms with Crippen molar-refractivity contribution in [2.45, 2.75) is 45.4 Å². The van der Waals surface area contributed by atoms with E-state index in [-0.39, 0.29) is 5.91 Å². The molecule has 4 heterocycles. The molecule has 1 fully saturated rings. The molecule has 0 saturated carbocycles. The Kier molecular flexibility index (Phi) is 5.71. The van der Waals surface area contributed by atoms with Crippen molar-refractivity contribution in [3.05, 3.63) is 59.5 Å². The number of piperidine rings is 1. The summed E-state index contributed by atoms with van der Waals surface area (Å²) in [6.07, 6.45) is 8.22. The zero-order chi connectivity index (χ0) is 23.1. The molecule has 3 aromatic heterocycles. The first-order chi connectivity index (χ1) is 15.9. The maximum Gasteiger partial charge on any atom is 0.233 e. The van der Waals surface area contributed by atoms with Gasteiger partial charge in [0.05, 0.1) is 12.2 Å². The van der Waals surface area contributed by atoms with Gasteiger partial charge in [-0.2, -0.15) is 0 Å². The lowest BCUT2D eigenvalue weighted by Crippen LogP contribution is -2.40. The number of nitrogens with zero attached hydrogens (tertiary/aromatic N) is 3. The lowest BCUT2D eigenvalue weighted by atomic mass is 9.87. The third-order valence-corrected chi connectivity index (χ3v) is 7.11. The number of nitrogens with one attached hydrogen (secondary N) is 2. The van der Waals surface area contributed by atoms with E-state index < -0.39 is 0 Å². The second-order valence-corrected chi connectivity index (χ2v) is 9.67. The number of benzene rings is 1. The van der Waals surface area contributed by atoms with Crippen LogP contribution in [0.15, 0.2) is 42.9 Å². The molecule has 0 atom stereocenters. The number of imidazole rings is 1. The minimum absolute atomic E-state index is 0.0976. The minimum Gasteiger partial charge on any atom is -0.358 e. The van der Waals surface area contributed by atoms with Crippen LogP contribution in [0, 0.1) is 6.92 Å². The van der Waals surface area contributed by atoms with E-state index >= 15 is 0 Å². The van der Waals surface area contributed by atoms with E-state index in [0.717, 1.165) is 31.6 Å². The second-order valence-electron chi connectivity index (χ2n) is 9.67. The van der Waals surface area contributed by atoms with Crippen LogP contribution in [0.3, 0.4) is 0 Å². The molecular weight excluding hydrogens is 410 g/mol. The molecule has 1 amide bonds. The van der Waals surface area contributed by atoms with Crippen LogP contribution in [0.4, 0.5) is 0 Å². The predicted molar refractivity (Wildman–Crippen MR) is 134 cm³/mol. The summed E-state index contributed by atoms with van der Waals surface area (Å²) in [7, 11) is 1.70. The molecule has 0 spiro atoms. The van der Waals surface area contributed by atoms with Crippen molar-refractivity contribution in [2.75, 3.05) is 26.7 Å². The van der Waals surface area contributed by atoms with Gasteiger partial charge in [0.15, 0.2) is 0 Å². The smallest absolute Gasteiger partial charge is 0.233 e. The Labute approximate surface area is 195 Å². The number of fused-ring (bicyclic) bond motifs is 2. The summed E-state index contributed by atoms with van der Waals surface area (Å²) in [5, 5.41) is 4.06. The molecule has 0 aliphatic carbocycles. The van der Waals surface area contributed by atoms with Gasteiger partial charge in [-0.25, -0.2) is 4.98 Å². The molecule has 5 rings (SSSR count). The Balaban J connectivity index is 1.48. The zero-order valence-corrected chi connectivity index (χ0v) is 20.0. The molecule has 1 aromatic carbocycles. The molecule has 6 heteroatoms. The Morgan fingerprint density at radius 3 is 2.76 bits per heavy atom. The Hall–Kier alpha value is -3.12. The fourth-order valence-corrected chi connectivity index (χ4v) is 5.36. The standard InChI is InChI=1S/C27H33N5O/c1-17(2)25-22-14-20(19-7-10-31(11-8-19)16-24(33)28-4)5-6-23(22)30-26(25)21-13-18(3)27-29-9-12-32(27)15-21/h5-6,9,12-15,17,19,30H,7-8,10-11,16H2,1-4H3,(H,28,33). The van der Waals surface area contributed by atoms with Crippen molar-refractivity contribution < 1.29 is 4.79 Å². The first kappa shape index (κ1) is 21.7. The highest BCUT2D eigenvalue weighted by molar-refractivity contribution is 5.92. The highest BCUT2D eigenvalue weighted by Crippen LogP contribution is 2.38. The molecule has 6 nitrogen and oxygen atoms in total. The van der Waals surface area contributed by atoms with E-state index in [1.165, 1.54) is 38.9 Å². The van der Waals surface area contributed by atoms with Gasteiger partial charge in [0, 0.05) is 42.1 Å². The SMILES string of the molecule is CNC(=O)CN1CCC(c2ccc3[nH]c(-c4cc(C)c5nccn5c4)c(C(C)C)c3c2)CC1. The van der Waals surface area contributed by atoms with Gasteiger partial charge in [-0.3, -0.25) is 9.69 Å². The summed E-state index contributed by atoms with van der Waals surface area (Å²) in [6.45, 7) is 9.11. The van der Waals surface area contributed by atoms with E-state index in [0.29, 0.717) is 18.4 Å². The van der Waals surface area contributed by atoms with Crippen LogP contribution in [-0.4, -0.2) is 51.9 Å². The number of aryl methyl sites for hydroxylation is 1. The van der Waals surface area contributed by atoms with E-state index in [1.54, 1.807) is 7.05 Å². The second kappa shape index (κ2) is 8.67. The van der Waals surface area contributed by atoms with Crippen LogP contribution in [0.25, 0.3) is 27.8 Å². The van der Waals surface area contributed by atoms with Gasteiger partial charge < -0.3 is 14.7 Å². The molecule has 0 bridgehead atoms. The number of pyridine rings is 1. The molecule has 2 N–H and O–H groups in total. The summed E-state index contributed by atoms with van der Waals surface area (Å²) in [4.78, 5) is 22.2. The topological polar surface area (TPSA) is 65.4 Å². The molecule has 1 aliphatic rings. The molecule has 4 aromatic rings. The van der Waals surface area contributed by atoms with Crippen molar-refractivity contribution in [3.8, 4) is 11.3 Å². The number of carbonyl (C=O) groups is 1. The maximum absolute atomic E-state index is 11.7. The number of H-pyrrole nitrogens is 1.